The highest BCUT2D eigenvalue weighted by Gasteiger charge is 2.27. The quantitative estimate of drug-likeness (QED) is 0.915. The van der Waals surface area contributed by atoms with Crippen molar-refractivity contribution in [3.63, 3.8) is 0 Å². The molecule has 0 radical (unpaired) electrons. The van der Waals surface area contributed by atoms with Crippen LogP contribution in [0.5, 0.6) is 5.75 Å². The molecule has 2 aromatic rings. The molecule has 112 valence electrons. The van der Waals surface area contributed by atoms with Gasteiger partial charge in [0.05, 0.1) is 6.61 Å². The summed E-state index contributed by atoms with van der Waals surface area (Å²) in [6.45, 7) is 3.90. The first-order chi connectivity index (χ1) is 10.3. The number of likely N-dealkylation sites (N-methyl/N-ethyl adjacent to an activating group) is 1. The van der Waals surface area contributed by atoms with Crippen molar-refractivity contribution in [1.29, 1.82) is 0 Å². The van der Waals surface area contributed by atoms with Gasteiger partial charge >= 0.3 is 0 Å². The van der Waals surface area contributed by atoms with Gasteiger partial charge in [-0.15, -0.1) is 0 Å². The lowest BCUT2D eigenvalue weighted by Gasteiger charge is -2.32. The van der Waals surface area contributed by atoms with Crippen LogP contribution in [0.3, 0.4) is 0 Å². The summed E-state index contributed by atoms with van der Waals surface area (Å²) in [5.74, 6) is 2.65. The number of nitrogens with zero attached hydrogens (tertiary/aromatic N) is 2. The van der Waals surface area contributed by atoms with Crippen LogP contribution >= 0.6 is 0 Å². The van der Waals surface area contributed by atoms with E-state index in [9.17, 15) is 0 Å². The molecule has 0 fully saturated rings. The fourth-order valence-corrected chi connectivity index (χ4v) is 3.07. The number of para-hydroxylation sites is 1. The van der Waals surface area contributed by atoms with Crippen molar-refractivity contribution in [2.24, 2.45) is 13.0 Å². The number of ether oxygens (including phenoxy) is 1. The van der Waals surface area contributed by atoms with Crippen LogP contribution in [0.25, 0.3) is 0 Å². The number of nitrogens with one attached hydrogen (secondary N) is 1. The summed E-state index contributed by atoms with van der Waals surface area (Å²) in [7, 11) is 2.05. The Balaban J connectivity index is 1.74. The number of imidazole rings is 1. The van der Waals surface area contributed by atoms with E-state index in [-0.39, 0.29) is 0 Å². The monoisotopic (exact) mass is 285 g/mol. The van der Waals surface area contributed by atoms with Gasteiger partial charge in [0.2, 0.25) is 0 Å². The average Bonchev–Trinajstić information content (AvgIpc) is 2.91. The molecular formula is C17H23N3O. The van der Waals surface area contributed by atoms with Crippen molar-refractivity contribution < 1.29 is 4.74 Å². The minimum atomic E-state index is 0.393. The molecule has 21 heavy (non-hydrogen) atoms. The molecule has 1 aliphatic rings. The zero-order chi connectivity index (χ0) is 14.7. The van der Waals surface area contributed by atoms with Crippen LogP contribution in [0.1, 0.15) is 18.3 Å². The number of benzene rings is 1. The van der Waals surface area contributed by atoms with Gasteiger partial charge in [0.15, 0.2) is 0 Å². The maximum Gasteiger partial charge on any atom is 0.122 e. The summed E-state index contributed by atoms with van der Waals surface area (Å²) in [5.41, 5.74) is 1.32. The summed E-state index contributed by atoms with van der Waals surface area (Å²) < 4.78 is 8.04. The summed E-state index contributed by atoms with van der Waals surface area (Å²) in [6.07, 6.45) is 5.88. The van der Waals surface area contributed by atoms with Crippen LogP contribution in [0, 0.1) is 5.92 Å². The lowest BCUT2D eigenvalue weighted by molar-refractivity contribution is 0.183. The molecule has 1 aromatic heterocycles. The SMILES string of the molecule is CCNC(Cc1nccn1C)C1COc2ccccc2C1. The summed E-state index contributed by atoms with van der Waals surface area (Å²) in [5, 5.41) is 3.62. The fraction of sp³-hybridized carbons (Fsp3) is 0.471. The van der Waals surface area contributed by atoms with Gasteiger partial charge in [-0.05, 0) is 24.6 Å². The number of fused-ring (bicyclic) bond motifs is 1. The molecule has 1 aliphatic heterocycles. The maximum atomic E-state index is 5.95. The third kappa shape index (κ3) is 3.10. The zero-order valence-electron chi connectivity index (χ0n) is 12.7. The second-order valence-electron chi connectivity index (χ2n) is 5.71. The van der Waals surface area contributed by atoms with E-state index >= 15 is 0 Å². The van der Waals surface area contributed by atoms with Crippen molar-refractivity contribution in [1.82, 2.24) is 14.9 Å². The molecule has 0 bridgehead atoms. The highest BCUT2D eigenvalue weighted by molar-refractivity contribution is 5.35. The Morgan fingerprint density at radius 3 is 3.05 bits per heavy atom. The second-order valence-corrected chi connectivity index (χ2v) is 5.71. The molecular weight excluding hydrogens is 262 g/mol. The first-order valence-corrected chi connectivity index (χ1v) is 7.68. The van der Waals surface area contributed by atoms with E-state index in [1.54, 1.807) is 0 Å². The van der Waals surface area contributed by atoms with E-state index in [1.807, 2.05) is 18.5 Å². The zero-order valence-corrected chi connectivity index (χ0v) is 12.7. The lowest BCUT2D eigenvalue weighted by atomic mass is 9.88. The van der Waals surface area contributed by atoms with Gasteiger partial charge in [-0.1, -0.05) is 25.1 Å². The molecule has 0 saturated carbocycles. The first-order valence-electron chi connectivity index (χ1n) is 7.68. The smallest absolute Gasteiger partial charge is 0.122 e. The van der Waals surface area contributed by atoms with Crippen molar-refractivity contribution in [3.05, 3.63) is 48.0 Å². The molecule has 2 heterocycles. The van der Waals surface area contributed by atoms with Crippen LogP contribution in [0.2, 0.25) is 0 Å². The van der Waals surface area contributed by atoms with Crippen molar-refractivity contribution in [3.8, 4) is 5.75 Å². The second kappa shape index (κ2) is 6.31. The van der Waals surface area contributed by atoms with Gasteiger partial charge in [0.25, 0.3) is 0 Å². The fourth-order valence-electron chi connectivity index (χ4n) is 3.07. The first kappa shape index (κ1) is 14.1. The van der Waals surface area contributed by atoms with E-state index in [0.29, 0.717) is 12.0 Å². The summed E-state index contributed by atoms with van der Waals surface area (Å²) in [4.78, 5) is 4.46. The Labute approximate surface area is 126 Å². The highest BCUT2D eigenvalue weighted by atomic mass is 16.5. The molecule has 0 aliphatic carbocycles. The molecule has 4 heteroatoms. The molecule has 0 saturated heterocycles. The molecule has 2 atom stereocenters. The van der Waals surface area contributed by atoms with Crippen LogP contribution in [-0.4, -0.2) is 28.7 Å². The molecule has 2 unspecified atom stereocenters. The van der Waals surface area contributed by atoms with E-state index in [0.717, 1.165) is 37.6 Å². The van der Waals surface area contributed by atoms with Gasteiger partial charge in [0.1, 0.15) is 11.6 Å². The van der Waals surface area contributed by atoms with E-state index in [1.165, 1.54) is 5.56 Å². The molecule has 0 amide bonds. The van der Waals surface area contributed by atoms with Crippen LogP contribution in [0.15, 0.2) is 36.7 Å². The highest BCUT2D eigenvalue weighted by Crippen LogP contribution is 2.29. The van der Waals surface area contributed by atoms with Gasteiger partial charge < -0.3 is 14.6 Å². The van der Waals surface area contributed by atoms with E-state index in [2.05, 4.69) is 47.0 Å². The van der Waals surface area contributed by atoms with Crippen LogP contribution in [-0.2, 0) is 19.9 Å². The predicted octanol–water partition coefficient (Wildman–Crippen LogP) is 2.19. The lowest BCUT2D eigenvalue weighted by Crippen LogP contribution is -2.43. The number of rotatable bonds is 5. The summed E-state index contributed by atoms with van der Waals surface area (Å²) >= 11 is 0. The van der Waals surface area contributed by atoms with Crippen LogP contribution < -0.4 is 10.1 Å². The number of aromatic nitrogens is 2. The van der Waals surface area contributed by atoms with Gasteiger partial charge in [-0.3, -0.25) is 0 Å². The van der Waals surface area contributed by atoms with Crippen molar-refractivity contribution >= 4 is 0 Å². The number of hydrogen-bond donors (Lipinski definition) is 1. The summed E-state index contributed by atoms with van der Waals surface area (Å²) in [6, 6.07) is 8.75. The Morgan fingerprint density at radius 2 is 2.29 bits per heavy atom. The van der Waals surface area contributed by atoms with Crippen LogP contribution in [0.4, 0.5) is 0 Å². The Kier molecular flexibility index (Phi) is 4.25. The number of aryl methyl sites for hydroxylation is 1. The van der Waals surface area contributed by atoms with Crippen molar-refractivity contribution in [2.45, 2.75) is 25.8 Å². The normalized spacial score (nSPS) is 18.9. The minimum Gasteiger partial charge on any atom is -0.493 e. The largest absolute Gasteiger partial charge is 0.493 e. The van der Waals surface area contributed by atoms with Gasteiger partial charge in [-0.25, -0.2) is 4.98 Å². The predicted molar refractivity (Wildman–Crippen MR) is 83.5 cm³/mol. The standard InChI is InChI=1S/C17H23N3O/c1-3-18-15(11-17-19-8-9-20(17)2)14-10-13-6-4-5-7-16(13)21-12-14/h4-9,14-15,18H,3,10-12H2,1-2H3. The minimum absolute atomic E-state index is 0.393. The molecule has 3 rings (SSSR count). The van der Waals surface area contributed by atoms with Gasteiger partial charge in [-0.2, -0.15) is 0 Å². The Hall–Kier alpha value is -1.81. The number of hydrogen-bond acceptors (Lipinski definition) is 3. The molecule has 0 spiro atoms. The van der Waals surface area contributed by atoms with Crippen molar-refractivity contribution in [2.75, 3.05) is 13.2 Å². The Bertz CT molecular complexity index is 593. The molecule has 4 nitrogen and oxygen atoms in total. The van der Waals surface area contributed by atoms with Gasteiger partial charge in [0, 0.05) is 37.8 Å². The molecule has 1 N–H and O–H groups in total. The third-order valence-electron chi connectivity index (χ3n) is 4.27. The third-order valence-corrected chi connectivity index (χ3v) is 4.27. The van der Waals surface area contributed by atoms with E-state index in [4.69, 9.17) is 4.74 Å². The van der Waals surface area contributed by atoms with E-state index < -0.39 is 0 Å². The average molecular weight is 285 g/mol. The Morgan fingerprint density at radius 1 is 1.43 bits per heavy atom. The molecule has 1 aromatic carbocycles. The topological polar surface area (TPSA) is 39.1 Å². The maximum absolute atomic E-state index is 5.95.